The Bertz CT molecular complexity index is 529. The molecule has 7 heteroatoms. The fourth-order valence-corrected chi connectivity index (χ4v) is 3.51. The Morgan fingerprint density at radius 3 is 2.35 bits per heavy atom. The van der Waals surface area contributed by atoms with Crippen molar-refractivity contribution in [1.82, 2.24) is 15.2 Å². The third kappa shape index (κ3) is 4.28. The Balaban J connectivity index is 0.00000132. The van der Waals surface area contributed by atoms with Gasteiger partial charge in [-0.2, -0.15) is 0 Å². The summed E-state index contributed by atoms with van der Waals surface area (Å²) in [6, 6.07) is 5.22. The van der Waals surface area contributed by atoms with Gasteiger partial charge in [0, 0.05) is 51.0 Å². The van der Waals surface area contributed by atoms with Gasteiger partial charge in [0.1, 0.15) is 5.82 Å². The molecule has 130 valence electrons. The number of nitrogens with one attached hydrogen (secondary N) is 1. The van der Waals surface area contributed by atoms with Crippen molar-refractivity contribution in [1.29, 1.82) is 0 Å². The van der Waals surface area contributed by atoms with Gasteiger partial charge in [-0.25, -0.2) is 4.98 Å². The van der Waals surface area contributed by atoms with Gasteiger partial charge >= 0.3 is 0 Å². The van der Waals surface area contributed by atoms with Crippen molar-refractivity contribution in [3.8, 4) is 0 Å². The Kier molecular flexibility index (Phi) is 7.11. The molecule has 2 bridgehead atoms. The Hall–Kier alpha value is -1.04. The molecule has 2 aliphatic rings. The number of piperidine rings is 1. The van der Waals surface area contributed by atoms with E-state index in [-0.39, 0.29) is 30.7 Å². The van der Waals surface area contributed by atoms with Crippen molar-refractivity contribution in [3.63, 3.8) is 0 Å². The molecule has 2 atom stereocenters. The molecule has 0 spiro atoms. The number of rotatable bonds is 3. The number of fused-ring (bicyclic) bond motifs is 2. The van der Waals surface area contributed by atoms with Crippen molar-refractivity contribution in [2.24, 2.45) is 0 Å². The summed E-state index contributed by atoms with van der Waals surface area (Å²) in [7, 11) is 5.81. The van der Waals surface area contributed by atoms with E-state index in [9.17, 15) is 4.79 Å². The number of aromatic nitrogens is 1. The standard InChI is InChI=1S/C16H24N4O.2ClH/c1-19(2)15-8-11(6-7-17-15)16(21)20(3)14-9-12-4-5-13(10-14)18-12;;/h6-8,12-14,18H,4-5,9-10H2,1-3H3;2*1H. The first-order chi connectivity index (χ1) is 10.0. The van der Waals surface area contributed by atoms with Gasteiger partial charge in [-0.3, -0.25) is 4.79 Å². The van der Waals surface area contributed by atoms with Crippen LogP contribution in [-0.2, 0) is 0 Å². The number of hydrogen-bond donors (Lipinski definition) is 1. The van der Waals surface area contributed by atoms with Crippen LogP contribution in [0.4, 0.5) is 5.82 Å². The summed E-state index contributed by atoms with van der Waals surface area (Å²) in [5.74, 6) is 0.923. The van der Waals surface area contributed by atoms with Gasteiger partial charge in [0.15, 0.2) is 0 Å². The average Bonchev–Trinajstić information content (AvgIpc) is 2.84. The van der Waals surface area contributed by atoms with Crippen LogP contribution in [0.3, 0.4) is 0 Å². The van der Waals surface area contributed by atoms with Gasteiger partial charge in [-0.15, -0.1) is 24.8 Å². The van der Waals surface area contributed by atoms with Crippen LogP contribution >= 0.6 is 24.8 Å². The van der Waals surface area contributed by atoms with E-state index in [0.29, 0.717) is 18.1 Å². The van der Waals surface area contributed by atoms with E-state index in [1.165, 1.54) is 12.8 Å². The highest BCUT2D eigenvalue weighted by Gasteiger charge is 2.36. The van der Waals surface area contributed by atoms with E-state index >= 15 is 0 Å². The fourth-order valence-electron chi connectivity index (χ4n) is 3.51. The van der Waals surface area contributed by atoms with Crippen LogP contribution in [0.2, 0.25) is 0 Å². The number of hydrogen-bond acceptors (Lipinski definition) is 4. The summed E-state index contributed by atoms with van der Waals surface area (Å²) in [6.45, 7) is 0. The van der Waals surface area contributed by atoms with Crippen molar-refractivity contribution in [3.05, 3.63) is 23.9 Å². The zero-order chi connectivity index (χ0) is 15.0. The van der Waals surface area contributed by atoms with Crippen LogP contribution in [-0.4, -0.2) is 55.1 Å². The molecule has 2 unspecified atom stereocenters. The first-order valence-corrected chi connectivity index (χ1v) is 7.71. The zero-order valence-corrected chi connectivity index (χ0v) is 15.5. The number of amides is 1. The summed E-state index contributed by atoms with van der Waals surface area (Å²) < 4.78 is 0. The van der Waals surface area contributed by atoms with Gasteiger partial charge in [0.25, 0.3) is 5.91 Å². The van der Waals surface area contributed by atoms with Crippen LogP contribution in [0.25, 0.3) is 0 Å². The lowest BCUT2D eigenvalue weighted by Crippen LogP contribution is -2.48. The van der Waals surface area contributed by atoms with Crippen molar-refractivity contribution >= 4 is 36.5 Å². The highest BCUT2D eigenvalue weighted by molar-refractivity contribution is 5.94. The van der Waals surface area contributed by atoms with Gasteiger partial charge in [-0.05, 0) is 37.8 Å². The van der Waals surface area contributed by atoms with Crippen molar-refractivity contribution in [2.45, 2.75) is 43.8 Å². The van der Waals surface area contributed by atoms with Crippen LogP contribution < -0.4 is 10.2 Å². The minimum absolute atomic E-state index is 0. The van der Waals surface area contributed by atoms with E-state index in [2.05, 4.69) is 10.3 Å². The number of anilines is 1. The van der Waals surface area contributed by atoms with Crippen LogP contribution in [0.5, 0.6) is 0 Å². The maximum atomic E-state index is 12.7. The maximum Gasteiger partial charge on any atom is 0.254 e. The molecule has 1 aromatic rings. The lowest BCUT2D eigenvalue weighted by molar-refractivity contribution is 0.0681. The normalized spacial score (nSPS) is 25.1. The lowest BCUT2D eigenvalue weighted by Gasteiger charge is -2.35. The second-order valence-electron chi connectivity index (χ2n) is 6.48. The summed E-state index contributed by atoms with van der Waals surface area (Å²) in [5.41, 5.74) is 0.724. The van der Waals surface area contributed by atoms with Gasteiger partial charge in [0.05, 0.1) is 0 Å². The number of pyridine rings is 1. The number of carbonyl (C=O) groups is 1. The molecule has 2 fully saturated rings. The molecular weight excluding hydrogens is 335 g/mol. The Morgan fingerprint density at radius 2 is 1.78 bits per heavy atom. The summed E-state index contributed by atoms with van der Waals surface area (Å²) in [5, 5.41) is 3.62. The van der Waals surface area contributed by atoms with Gasteiger partial charge in [-0.1, -0.05) is 0 Å². The smallest absolute Gasteiger partial charge is 0.254 e. The largest absolute Gasteiger partial charge is 0.363 e. The van der Waals surface area contributed by atoms with Crippen LogP contribution in [0, 0.1) is 0 Å². The molecule has 0 radical (unpaired) electrons. The van der Waals surface area contributed by atoms with Crippen molar-refractivity contribution in [2.75, 3.05) is 26.0 Å². The molecule has 3 heterocycles. The predicted octanol–water partition coefficient (Wildman–Crippen LogP) is 2.35. The van der Waals surface area contributed by atoms with Gasteiger partial charge in [0.2, 0.25) is 0 Å². The predicted molar refractivity (Wildman–Crippen MR) is 98.1 cm³/mol. The molecule has 1 amide bonds. The lowest BCUT2D eigenvalue weighted by atomic mass is 9.98. The molecule has 1 aromatic heterocycles. The third-order valence-electron chi connectivity index (χ3n) is 4.77. The molecule has 2 saturated heterocycles. The molecule has 0 saturated carbocycles. The third-order valence-corrected chi connectivity index (χ3v) is 4.77. The topological polar surface area (TPSA) is 48.5 Å². The SMILES string of the molecule is CN(C)c1cc(C(=O)N(C)C2CC3CCC(C2)N3)ccn1.Cl.Cl. The summed E-state index contributed by atoms with van der Waals surface area (Å²) in [4.78, 5) is 20.8. The first-order valence-electron chi connectivity index (χ1n) is 7.71. The highest BCUT2D eigenvalue weighted by atomic mass is 35.5. The molecule has 3 rings (SSSR count). The number of carbonyl (C=O) groups excluding carboxylic acids is 1. The summed E-state index contributed by atoms with van der Waals surface area (Å²) in [6.07, 6.45) is 6.36. The quantitative estimate of drug-likeness (QED) is 0.898. The molecule has 1 N–H and O–H groups in total. The fraction of sp³-hybridized carbons (Fsp3) is 0.625. The average molecular weight is 361 g/mol. The molecule has 23 heavy (non-hydrogen) atoms. The first kappa shape index (κ1) is 20.0. The van der Waals surface area contributed by atoms with Crippen LogP contribution in [0.1, 0.15) is 36.0 Å². The summed E-state index contributed by atoms with van der Waals surface area (Å²) >= 11 is 0. The minimum Gasteiger partial charge on any atom is -0.363 e. The monoisotopic (exact) mass is 360 g/mol. The minimum atomic E-state index is 0. The Labute approximate surface area is 150 Å². The Morgan fingerprint density at radius 1 is 1.17 bits per heavy atom. The second kappa shape index (κ2) is 8.18. The van der Waals surface area contributed by atoms with Gasteiger partial charge < -0.3 is 15.1 Å². The number of halogens is 2. The number of nitrogens with zero attached hydrogens (tertiary/aromatic N) is 3. The molecular formula is C16H26Cl2N4O. The molecule has 5 nitrogen and oxygen atoms in total. The van der Waals surface area contributed by atoms with E-state index < -0.39 is 0 Å². The van der Waals surface area contributed by atoms with E-state index in [4.69, 9.17) is 0 Å². The zero-order valence-electron chi connectivity index (χ0n) is 13.9. The molecule has 2 aliphatic heterocycles. The molecule has 0 aliphatic carbocycles. The maximum absolute atomic E-state index is 12.7. The van der Waals surface area contributed by atoms with Crippen molar-refractivity contribution < 1.29 is 4.79 Å². The van der Waals surface area contributed by atoms with Crippen LogP contribution in [0.15, 0.2) is 18.3 Å². The van der Waals surface area contributed by atoms with E-state index in [0.717, 1.165) is 24.2 Å². The second-order valence-corrected chi connectivity index (χ2v) is 6.48. The molecule has 0 aromatic carbocycles. The van der Waals surface area contributed by atoms with E-state index in [1.54, 1.807) is 6.20 Å². The van der Waals surface area contributed by atoms with E-state index in [1.807, 2.05) is 43.1 Å². The highest BCUT2D eigenvalue weighted by Crippen LogP contribution is 2.29.